The summed E-state index contributed by atoms with van der Waals surface area (Å²) in [4.78, 5) is 22.7. The number of aliphatic carboxylic acids is 1. The number of nitrogens with one attached hydrogen (secondary N) is 1. The summed E-state index contributed by atoms with van der Waals surface area (Å²) >= 11 is 0. The lowest BCUT2D eigenvalue weighted by atomic mass is 9.98. The third-order valence-corrected chi connectivity index (χ3v) is 3.03. The van der Waals surface area contributed by atoms with Crippen LogP contribution in [-0.2, 0) is 16.0 Å². The molecule has 1 rings (SSSR count). The minimum absolute atomic E-state index is 0.112. The largest absolute Gasteiger partial charge is 0.496 e. The molecule has 0 aromatic heterocycles. The Morgan fingerprint density at radius 1 is 1.35 bits per heavy atom. The highest BCUT2D eigenvalue weighted by molar-refractivity contribution is 5.77. The van der Waals surface area contributed by atoms with Crippen molar-refractivity contribution in [2.45, 2.75) is 26.2 Å². The normalized spacial score (nSPS) is 11.7. The predicted octanol–water partition coefficient (Wildman–Crippen LogP) is 1.85. The summed E-state index contributed by atoms with van der Waals surface area (Å²) in [5.74, 6) is -1.03. The number of para-hydroxylation sites is 1. The van der Waals surface area contributed by atoms with Crippen LogP contribution in [0.1, 0.15) is 25.3 Å². The number of ether oxygens (including phenoxy) is 1. The fourth-order valence-electron chi connectivity index (χ4n) is 1.94. The SMILES string of the molecule is CCCC(=O)NCC(Cc1ccccc1OC)C(=O)O. The molecule has 0 aliphatic carbocycles. The van der Waals surface area contributed by atoms with Gasteiger partial charge in [0.1, 0.15) is 5.75 Å². The second kappa shape index (κ2) is 8.19. The van der Waals surface area contributed by atoms with Crippen molar-refractivity contribution in [2.24, 2.45) is 5.92 Å². The number of benzene rings is 1. The maximum absolute atomic E-state index is 11.4. The van der Waals surface area contributed by atoms with Crippen molar-refractivity contribution < 1.29 is 19.4 Å². The highest BCUT2D eigenvalue weighted by Crippen LogP contribution is 2.20. The molecule has 0 spiro atoms. The second-order valence-electron chi connectivity index (χ2n) is 4.61. The molecule has 20 heavy (non-hydrogen) atoms. The smallest absolute Gasteiger partial charge is 0.308 e. The van der Waals surface area contributed by atoms with E-state index in [4.69, 9.17) is 4.74 Å². The van der Waals surface area contributed by atoms with E-state index < -0.39 is 11.9 Å². The van der Waals surface area contributed by atoms with E-state index >= 15 is 0 Å². The highest BCUT2D eigenvalue weighted by Gasteiger charge is 2.20. The quantitative estimate of drug-likeness (QED) is 0.761. The second-order valence-corrected chi connectivity index (χ2v) is 4.61. The summed E-state index contributed by atoms with van der Waals surface area (Å²) in [5, 5.41) is 11.9. The number of rotatable bonds is 8. The Morgan fingerprint density at radius 2 is 2.05 bits per heavy atom. The van der Waals surface area contributed by atoms with E-state index in [9.17, 15) is 14.7 Å². The molecule has 5 nitrogen and oxygen atoms in total. The van der Waals surface area contributed by atoms with Gasteiger partial charge < -0.3 is 15.2 Å². The molecule has 2 N–H and O–H groups in total. The van der Waals surface area contributed by atoms with Gasteiger partial charge in [0.05, 0.1) is 13.0 Å². The number of methoxy groups -OCH3 is 1. The zero-order chi connectivity index (χ0) is 15.0. The lowest BCUT2D eigenvalue weighted by molar-refractivity contribution is -0.141. The van der Waals surface area contributed by atoms with Gasteiger partial charge in [0, 0.05) is 13.0 Å². The van der Waals surface area contributed by atoms with Gasteiger partial charge in [0.15, 0.2) is 0 Å². The van der Waals surface area contributed by atoms with E-state index in [0.29, 0.717) is 18.6 Å². The summed E-state index contributed by atoms with van der Waals surface area (Å²) in [5.41, 5.74) is 0.826. The van der Waals surface area contributed by atoms with Crippen LogP contribution in [0.15, 0.2) is 24.3 Å². The first-order valence-electron chi connectivity index (χ1n) is 6.69. The van der Waals surface area contributed by atoms with Gasteiger partial charge in [-0.3, -0.25) is 9.59 Å². The molecule has 1 aromatic rings. The average Bonchev–Trinajstić information content (AvgIpc) is 2.43. The van der Waals surface area contributed by atoms with E-state index in [0.717, 1.165) is 12.0 Å². The molecule has 5 heteroatoms. The standard InChI is InChI=1S/C15H21NO4/c1-3-6-14(17)16-10-12(15(18)19)9-11-7-4-5-8-13(11)20-2/h4-5,7-8,12H,3,6,9-10H2,1-2H3,(H,16,17)(H,18,19). The van der Waals surface area contributed by atoms with E-state index in [-0.39, 0.29) is 12.5 Å². The third kappa shape index (κ3) is 4.91. The summed E-state index contributed by atoms with van der Waals surface area (Å²) in [6.45, 7) is 2.04. The molecule has 0 bridgehead atoms. The molecule has 0 aliphatic rings. The topological polar surface area (TPSA) is 75.6 Å². The van der Waals surface area contributed by atoms with Gasteiger partial charge in [0.2, 0.25) is 5.91 Å². The Morgan fingerprint density at radius 3 is 2.65 bits per heavy atom. The first-order chi connectivity index (χ1) is 9.58. The van der Waals surface area contributed by atoms with Crippen molar-refractivity contribution in [1.82, 2.24) is 5.32 Å². The number of amides is 1. The van der Waals surface area contributed by atoms with Crippen LogP contribution in [0.5, 0.6) is 5.75 Å². The van der Waals surface area contributed by atoms with Crippen molar-refractivity contribution in [3.05, 3.63) is 29.8 Å². The Bertz CT molecular complexity index is 459. The van der Waals surface area contributed by atoms with Gasteiger partial charge in [0.25, 0.3) is 0 Å². The Hall–Kier alpha value is -2.04. The third-order valence-electron chi connectivity index (χ3n) is 3.03. The highest BCUT2D eigenvalue weighted by atomic mass is 16.5. The van der Waals surface area contributed by atoms with Gasteiger partial charge in [-0.05, 0) is 24.5 Å². The molecule has 0 saturated carbocycles. The van der Waals surface area contributed by atoms with Crippen molar-refractivity contribution in [3.8, 4) is 5.75 Å². The molecule has 0 saturated heterocycles. The summed E-state index contributed by atoms with van der Waals surface area (Å²) in [6.07, 6.45) is 1.49. The summed E-state index contributed by atoms with van der Waals surface area (Å²) in [7, 11) is 1.55. The molecule has 1 unspecified atom stereocenters. The van der Waals surface area contributed by atoms with Crippen LogP contribution in [0.2, 0.25) is 0 Å². The molecule has 0 heterocycles. The van der Waals surface area contributed by atoms with Crippen LogP contribution >= 0.6 is 0 Å². The Balaban J connectivity index is 2.67. The first kappa shape index (κ1) is 16.0. The minimum atomic E-state index is -0.923. The molecular formula is C15H21NO4. The van der Waals surface area contributed by atoms with E-state index in [1.165, 1.54) is 0 Å². The fraction of sp³-hybridized carbons (Fsp3) is 0.467. The molecule has 110 valence electrons. The maximum atomic E-state index is 11.4. The number of hydrogen-bond acceptors (Lipinski definition) is 3. The monoisotopic (exact) mass is 279 g/mol. The van der Waals surface area contributed by atoms with Crippen LogP contribution in [-0.4, -0.2) is 30.6 Å². The molecule has 0 fully saturated rings. The van der Waals surface area contributed by atoms with E-state index in [1.807, 2.05) is 25.1 Å². The van der Waals surface area contributed by atoms with Gasteiger partial charge in [-0.2, -0.15) is 0 Å². The van der Waals surface area contributed by atoms with Crippen LogP contribution in [0.25, 0.3) is 0 Å². The van der Waals surface area contributed by atoms with Crippen molar-refractivity contribution in [1.29, 1.82) is 0 Å². The predicted molar refractivity (Wildman–Crippen MR) is 75.7 cm³/mol. The Kier molecular flexibility index (Phi) is 6.56. The first-order valence-corrected chi connectivity index (χ1v) is 6.69. The van der Waals surface area contributed by atoms with Gasteiger partial charge >= 0.3 is 5.97 Å². The number of carboxylic acids is 1. The number of carboxylic acid groups (broad SMARTS) is 1. The van der Waals surface area contributed by atoms with E-state index in [2.05, 4.69) is 5.32 Å². The summed E-state index contributed by atoms with van der Waals surface area (Å²) < 4.78 is 5.21. The van der Waals surface area contributed by atoms with Gasteiger partial charge in [-0.15, -0.1) is 0 Å². The van der Waals surface area contributed by atoms with Crippen LogP contribution in [0.3, 0.4) is 0 Å². The maximum Gasteiger partial charge on any atom is 0.308 e. The number of carbonyl (C=O) groups is 2. The van der Waals surface area contributed by atoms with Gasteiger partial charge in [-0.25, -0.2) is 0 Å². The lowest BCUT2D eigenvalue weighted by Crippen LogP contribution is -2.34. The van der Waals surface area contributed by atoms with Crippen LogP contribution in [0.4, 0.5) is 0 Å². The van der Waals surface area contributed by atoms with Gasteiger partial charge in [-0.1, -0.05) is 25.1 Å². The molecular weight excluding hydrogens is 258 g/mol. The molecule has 1 atom stereocenters. The molecule has 1 amide bonds. The van der Waals surface area contributed by atoms with Crippen LogP contribution < -0.4 is 10.1 Å². The number of carbonyl (C=O) groups excluding carboxylic acids is 1. The zero-order valence-electron chi connectivity index (χ0n) is 11.9. The molecule has 0 radical (unpaired) electrons. The lowest BCUT2D eigenvalue weighted by Gasteiger charge is -2.15. The molecule has 0 aliphatic heterocycles. The van der Waals surface area contributed by atoms with E-state index in [1.54, 1.807) is 13.2 Å². The van der Waals surface area contributed by atoms with Crippen molar-refractivity contribution in [2.75, 3.05) is 13.7 Å². The number of hydrogen-bond donors (Lipinski definition) is 2. The molecule has 1 aromatic carbocycles. The fourth-order valence-corrected chi connectivity index (χ4v) is 1.94. The summed E-state index contributed by atoms with van der Waals surface area (Å²) in [6, 6.07) is 7.31. The zero-order valence-corrected chi connectivity index (χ0v) is 11.9. The average molecular weight is 279 g/mol. The van der Waals surface area contributed by atoms with Crippen molar-refractivity contribution >= 4 is 11.9 Å². The minimum Gasteiger partial charge on any atom is -0.496 e. The van der Waals surface area contributed by atoms with Crippen LogP contribution in [0, 0.1) is 5.92 Å². The Labute approximate surface area is 118 Å². The van der Waals surface area contributed by atoms with Crippen molar-refractivity contribution in [3.63, 3.8) is 0 Å².